The van der Waals surface area contributed by atoms with Crippen molar-refractivity contribution < 1.29 is 18.0 Å². The van der Waals surface area contributed by atoms with Gasteiger partial charge in [0.05, 0.1) is 11.1 Å². The predicted molar refractivity (Wildman–Crippen MR) is 107 cm³/mol. The number of hydrogen-bond acceptors (Lipinski definition) is 1. The van der Waals surface area contributed by atoms with Crippen molar-refractivity contribution in [3.05, 3.63) is 70.4 Å². The van der Waals surface area contributed by atoms with E-state index in [1.165, 1.54) is 40.4 Å². The number of aromatic amines is 1. The van der Waals surface area contributed by atoms with Gasteiger partial charge in [-0.2, -0.15) is 13.2 Å². The molecule has 6 heteroatoms. The van der Waals surface area contributed by atoms with Crippen molar-refractivity contribution in [3.63, 3.8) is 0 Å². The zero-order chi connectivity index (χ0) is 20.8. The molecule has 0 aliphatic carbocycles. The summed E-state index contributed by atoms with van der Waals surface area (Å²) in [5, 5.41) is 1.21. The maximum atomic E-state index is 13.3. The summed E-state index contributed by atoms with van der Waals surface area (Å²) in [5.41, 5.74) is 3.56. The Morgan fingerprint density at radius 1 is 1.07 bits per heavy atom. The van der Waals surface area contributed by atoms with E-state index < -0.39 is 17.6 Å². The number of nitrogens with one attached hydrogen (secondary N) is 1. The van der Waals surface area contributed by atoms with Gasteiger partial charge >= 0.3 is 6.18 Å². The SMILES string of the molecule is Cc1ccc2[nH]c(C3CCN(C(=O)c4ccccc4C(F)(F)F)CC3)c(C)c2c1. The summed E-state index contributed by atoms with van der Waals surface area (Å²) in [6.45, 7) is 5.06. The van der Waals surface area contributed by atoms with Crippen LogP contribution in [0.25, 0.3) is 10.9 Å². The molecule has 1 fully saturated rings. The Hall–Kier alpha value is -2.76. The first-order valence-corrected chi connectivity index (χ1v) is 9.80. The van der Waals surface area contributed by atoms with Crippen LogP contribution in [0.2, 0.25) is 0 Å². The number of benzene rings is 2. The summed E-state index contributed by atoms with van der Waals surface area (Å²) >= 11 is 0. The lowest BCUT2D eigenvalue weighted by Crippen LogP contribution is -2.38. The van der Waals surface area contributed by atoms with Crippen LogP contribution in [0.5, 0.6) is 0 Å². The zero-order valence-electron chi connectivity index (χ0n) is 16.4. The highest BCUT2D eigenvalue weighted by Gasteiger charge is 2.36. The van der Waals surface area contributed by atoms with Gasteiger partial charge in [-0.25, -0.2) is 0 Å². The summed E-state index contributed by atoms with van der Waals surface area (Å²) in [4.78, 5) is 17.8. The molecule has 0 bridgehead atoms. The Kier molecular flexibility index (Phi) is 4.89. The lowest BCUT2D eigenvalue weighted by molar-refractivity contribution is -0.138. The quantitative estimate of drug-likeness (QED) is 0.578. The van der Waals surface area contributed by atoms with Crippen LogP contribution < -0.4 is 0 Å². The molecule has 1 amide bonds. The van der Waals surface area contributed by atoms with Crippen LogP contribution in [-0.4, -0.2) is 28.9 Å². The van der Waals surface area contributed by atoms with E-state index in [1.807, 2.05) is 0 Å². The number of amides is 1. The summed E-state index contributed by atoms with van der Waals surface area (Å²) in [7, 11) is 0. The third-order valence-corrected chi connectivity index (χ3v) is 5.91. The maximum Gasteiger partial charge on any atom is 0.417 e. The van der Waals surface area contributed by atoms with Gasteiger partial charge in [0.15, 0.2) is 0 Å². The topological polar surface area (TPSA) is 36.1 Å². The number of carbonyl (C=O) groups excluding carboxylic acids is 1. The second-order valence-corrected chi connectivity index (χ2v) is 7.82. The number of hydrogen-bond donors (Lipinski definition) is 1. The van der Waals surface area contributed by atoms with Crippen LogP contribution in [0.15, 0.2) is 42.5 Å². The third kappa shape index (κ3) is 3.63. The smallest absolute Gasteiger partial charge is 0.358 e. The number of alkyl halides is 3. The highest BCUT2D eigenvalue weighted by Crippen LogP contribution is 2.36. The minimum atomic E-state index is -4.54. The van der Waals surface area contributed by atoms with E-state index in [1.54, 1.807) is 4.90 Å². The fraction of sp³-hybridized carbons (Fsp3) is 0.348. The normalized spacial score (nSPS) is 15.8. The van der Waals surface area contributed by atoms with Gasteiger partial charge in [-0.15, -0.1) is 0 Å². The monoisotopic (exact) mass is 400 g/mol. The molecule has 0 unspecified atom stereocenters. The molecule has 1 aromatic heterocycles. The number of nitrogens with zero attached hydrogens (tertiary/aromatic N) is 1. The molecular weight excluding hydrogens is 377 g/mol. The second kappa shape index (κ2) is 7.25. The Balaban J connectivity index is 1.52. The van der Waals surface area contributed by atoms with E-state index in [2.05, 4.69) is 37.0 Å². The van der Waals surface area contributed by atoms with Gasteiger partial charge in [-0.05, 0) is 56.5 Å². The van der Waals surface area contributed by atoms with E-state index in [0.29, 0.717) is 13.1 Å². The van der Waals surface area contributed by atoms with Crippen LogP contribution in [0.1, 0.15) is 51.5 Å². The molecular formula is C23H23F3N2O. The highest BCUT2D eigenvalue weighted by atomic mass is 19.4. The van der Waals surface area contributed by atoms with Crippen molar-refractivity contribution in [2.75, 3.05) is 13.1 Å². The fourth-order valence-corrected chi connectivity index (χ4v) is 4.33. The van der Waals surface area contributed by atoms with Crippen LogP contribution in [0, 0.1) is 13.8 Å². The number of aryl methyl sites for hydroxylation is 2. The van der Waals surface area contributed by atoms with Crippen molar-refractivity contribution in [1.82, 2.24) is 9.88 Å². The molecule has 2 aromatic carbocycles. The van der Waals surface area contributed by atoms with Gasteiger partial charge in [0.25, 0.3) is 5.91 Å². The van der Waals surface area contributed by atoms with Gasteiger partial charge in [0, 0.05) is 35.6 Å². The van der Waals surface area contributed by atoms with Gasteiger partial charge in [-0.3, -0.25) is 4.79 Å². The summed E-state index contributed by atoms with van der Waals surface area (Å²) in [5.74, 6) is -0.273. The average Bonchev–Trinajstić information content (AvgIpc) is 3.03. The molecule has 152 valence electrons. The van der Waals surface area contributed by atoms with Crippen LogP contribution in [-0.2, 0) is 6.18 Å². The molecule has 1 N–H and O–H groups in total. The first kappa shape index (κ1) is 19.6. The maximum absolute atomic E-state index is 13.3. The lowest BCUT2D eigenvalue weighted by Gasteiger charge is -2.32. The van der Waals surface area contributed by atoms with E-state index in [9.17, 15) is 18.0 Å². The number of carbonyl (C=O) groups is 1. The summed E-state index contributed by atoms with van der Waals surface area (Å²) in [6.07, 6.45) is -3.08. The molecule has 29 heavy (non-hydrogen) atoms. The second-order valence-electron chi connectivity index (χ2n) is 7.82. The van der Waals surface area contributed by atoms with Crippen molar-refractivity contribution in [2.24, 2.45) is 0 Å². The molecule has 1 aliphatic rings. The molecule has 0 spiro atoms. The number of rotatable bonds is 2. The average molecular weight is 400 g/mol. The van der Waals surface area contributed by atoms with Gasteiger partial charge < -0.3 is 9.88 Å². The van der Waals surface area contributed by atoms with Gasteiger partial charge in [0.2, 0.25) is 0 Å². The molecule has 0 radical (unpaired) electrons. The van der Waals surface area contributed by atoms with Crippen LogP contribution in [0.3, 0.4) is 0 Å². The molecule has 0 saturated carbocycles. The van der Waals surface area contributed by atoms with E-state index in [0.717, 1.165) is 24.4 Å². The molecule has 0 atom stereocenters. The zero-order valence-corrected chi connectivity index (χ0v) is 16.4. The predicted octanol–water partition coefficient (Wildman–Crippen LogP) is 5.82. The van der Waals surface area contributed by atoms with Crippen molar-refractivity contribution in [3.8, 4) is 0 Å². The highest BCUT2D eigenvalue weighted by molar-refractivity contribution is 5.96. The third-order valence-electron chi connectivity index (χ3n) is 5.91. The van der Waals surface area contributed by atoms with Crippen LogP contribution >= 0.6 is 0 Å². The van der Waals surface area contributed by atoms with Crippen LogP contribution in [0.4, 0.5) is 13.2 Å². The Morgan fingerprint density at radius 3 is 2.45 bits per heavy atom. The lowest BCUT2D eigenvalue weighted by atomic mass is 9.90. The molecule has 4 rings (SSSR count). The van der Waals surface area contributed by atoms with Gasteiger partial charge in [0.1, 0.15) is 0 Å². The first-order chi connectivity index (χ1) is 13.8. The minimum Gasteiger partial charge on any atom is -0.358 e. The summed E-state index contributed by atoms with van der Waals surface area (Å²) in [6, 6.07) is 11.3. The Bertz CT molecular complexity index is 1060. The van der Waals surface area contributed by atoms with Crippen molar-refractivity contribution in [1.29, 1.82) is 0 Å². The largest absolute Gasteiger partial charge is 0.417 e. The number of H-pyrrole nitrogens is 1. The number of piperidine rings is 1. The first-order valence-electron chi connectivity index (χ1n) is 9.80. The van der Waals surface area contributed by atoms with Crippen molar-refractivity contribution >= 4 is 16.8 Å². The minimum absolute atomic E-state index is 0.268. The van der Waals surface area contributed by atoms with E-state index >= 15 is 0 Å². The Labute approximate surface area is 167 Å². The standard InChI is InChI=1S/C23H23F3N2O/c1-14-7-8-20-18(13-14)15(2)21(27-20)16-9-11-28(12-10-16)22(29)17-5-3-4-6-19(17)23(24,25)26/h3-8,13,16,27H,9-12H2,1-2H3. The molecule has 3 aromatic rings. The molecule has 2 heterocycles. The van der Waals surface area contributed by atoms with Crippen molar-refractivity contribution in [2.45, 2.75) is 38.8 Å². The van der Waals surface area contributed by atoms with E-state index in [4.69, 9.17) is 0 Å². The molecule has 1 saturated heterocycles. The number of aromatic nitrogens is 1. The fourth-order valence-electron chi connectivity index (χ4n) is 4.33. The number of likely N-dealkylation sites (tertiary alicyclic amines) is 1. The van der Waals surface area contributed by atoms with E-state index in [-0.39, 0.29) is 11.5 Å². The summed E-state index contributed by atoms with van der Waals surface area (Å²) < 4.78 is 39.8. The van der Waals surface area contributed by atoms with Gasteiger partial charge in [-0.1, -0.05) is 23.8 Å². The number of halogens is 3. The Morgan fingerprint density at radius 2 is 1.76 bits per heavy atom. The molecule has 3 nitrogen and oxygen atoms in total. The number of fused-ring (bicyclic) bond motifs is 1. The molecule has 1 aliphatic heterocycles.